The molecular formula is C23H32N8O. The number of benzene rings is 1. The molecule has 0 atom stereocenters. The van der Waals surface area contributed by atoms with E-state index in [9.17, 15) is 0 Å². The summed E-state index contributed by atoms with van der Waals surface area (Å²) in [6.07, 6.45) is 3.77. The SMILES string of the molecule is c1ccc(CN2CCC(Nc3nc4ncnc(NCCN5CCOCC5)c4[nH]3)CC2)cc1. The van der Waals surface area contributed by atoms with Crippen LogP contribution in [0, 0.1) is 0 Å². The monoisotopic (exact) mass is 436 g/mol. The first kappa shape index (κ1) is 21.1. The minimum atomic E-state index is 0.410. The second-order valence-corrected chi connectivity index (χ2v) is 8.57. The average molecular weight is 437 g/mol. The van der Waals surface area contributed by atoms with E-state index in [0.717, 1.165) is 89.2 Å². The number of fused-ring (bicyclic) bond motifs is 1. The molecule has 4 heterocycles. The zero-order valence-electron chi connectivity index (χ0n) is 18.5. The molecule has 0 unspecified atom stereocenters. The van der Waals surface area contributed by atoms with Crippen molar-refractivity contribution in [3.8, 4) is 0 Å². The maximum Gasteiger partial charge on any atom is 0.203 e. The number of likely N-dealkylation sites (tertiary alicyclic amines) is 1. The molecule has 3 N–H and O–H groups in total. The summed E-state index contributed by atoms with van der Waals surface area (Å²) in [6, 6.07) is 11.1. The van der Waals surface area contributed by atoms with Gasteiger partial charge in [-0.3, -0.25) is 9.80 Å². The zero-order chi connectivity index (χ0) is 21.6. The third-order valence-corrected chi connectivity index (χ3v) is 6.29. The molecule has 2 fully saturated rings. The van der Waals surface area contributed by atoms with Crippen molar-refractivity contribution in [2.75, 3.05) is 63.1 Å². The van der Waals surface area contributed by atoms with E-state index >= 15 is 0 Å². The summed E-state index contributed by atoms with van der Waals surface area (Å²) in [7, 11) is 0. The summed E-state index contributed by atoms with van der Waals surface area (Å²) in [5.74, 6) is 1.58. The normalized spacial score (nSPS) is 18.8. The van der Waals surface area contributed by atoms with E-state index in [4.69, 9.17) is 4.74 Å². The number of hydrogen-bond donors (Lipinski definition) is 3. The van der Waals surface area contributed by atoms with Crippen molar-refractivity contribution in [1.29, 1.82) is 0 Å². The van der Waals surface area contributed by atoms with Gasteiger partial charge >= 0.3 is 0 Å². The van der Waals surface area contributed by atoms with Crippen LogP contribution in [0.3, 0.4) is 0 Å². The average Bonchev–Trinajstić information content (AvgIpc) is 3.25. The van der Waals surface area contributed by atoms with Gasteiger partial charge in [0.05, 0.1) is 13.2 Å². The molecule has 0 radical (unpaired) electrons. The van der Waals surface area contributed by atoms with Crippen molar-refractivity contribution in [1.82, 2.24) is 29.7 Å². The van der Waals surface area contributed by atoms with E-state index in [-0.39, 0.29) is 0 Å². The van der Waals surface area contributed by atoms with E-state index in [1.54, 1.807) is 6.33 Å². The first-order chi connectivity index (χ1) is 15.8. The van der Waals surface area contributed by atoms with Gasteiger partial charge in [-0.15, -0.1) is 0 Å². The van der Waals surface area contributed by atoms with E-state index < -0.39 is 0 Å². The first-order valence-electron chi connectivity index (χ1n) is 11.6. The Morgan fingerprint density at radius 1 is 1.00 bits per heavy atom. The Morgan fingerprint density at radius 2 is 1.81 bits per heavy atom. The molecule has 9 nitrogen and oxygen atoms in total. The Morgan fingerprint density at radius 3 is 2.62 bits per heavy atom. The summed E-state index contributed by atoms with van der Waals surface area (Å²) < 4.78 is 5.41. The Kier molecular flexibility index (Phi) is 6.76. The van der Waals surface area contributed by atoms with Gasteiger partial charge in [-0.25, -0.2) is 9.97 Å². The molecule has 0 saturated carbocycles. The van der Waals surface area contributed by atoms with Crippen LogP contribution in [0.15, 0.2) is 36.7 Å². The summed E-state index contributed by atoms with van der Waals surface area (Å²) in [5.41, 5.74) is 2.93. The fraction of sp³-hybridized carbons (Fsp3) is 0.522. The van der Waals surface area contributed by atoms with E-state index in [2.05, 4.69) is 70.7 Å². The van der Waals surface area contributed by atoms with E-state index in [1.165, 1.54) is 5.56 Å². The topological polar surface area (TPSA) is 94.2 Å². The third-order valence-electron chi connectivity index (χ3n) is 6.29. The number of H-pyrrole nitrogens is 1. The standard InChI is InChI=1S/C23H32N8O/c1-2-4-18(5-3-1)16-31-9-6-19(7-10-31)27-23-28-20-21(25-17-26-22(20)29-23)24-8-11-30-12-14-32-15-13-30/h1-5,17,19H,6-16H2,(H3,24,25,26,27,28,29). The lowest BCUT2D eigenvalue weighted by Crippen LogP contribution is -2.39. The molecule has 0 amide bonds. The van der Waals surface area contributed by atoms with Gasteiger partial charge in [0.25, 0.3) is 0 Å². The molecule has 2 saturated heterocycles. The quantitative estimate of drug-likeness (QED) is 0.495. The summed E-state index contributed by atoms with van der Waals surface area (Å²) in [6.45, 7) is 8.60. The summed E-state index contributed by atoms with van der Waals surface area (Å²) in [4.78, 5) is 21.7. The molecular weight excluding hydrogens is 404 g/mol. The van der Waals surface area contributed by atoms with Crippen molar-refractivity contribution >= 4 is 22.9 Å². The molecule has 2 aromatic heterocycles. The van der Waals surface area contributed by atoms with Gasteiger partial charge in [-0.05, 0) is 18.4 Å². The number of hydrogen-bond acceptors (Lipinski definition) is 8. The zero-order valence-corrected chi connectivity index (χ0v) is 18.5. The van der Waals surface area contributed by atoms with Crippen LogP contribution in [0.25, 0.3) is 11.2 Å². The number of piperidine rings is 1. The summed E-state index contributed by atoms with van der Waals surface area (Å²) in [5, 5.41) is 7.02. The highest BCUT2D eigenvalue weighted by molar-refractivity contribution is 5.84. The van der Waals surface area contributed by atoms with Gasteiger partial charge in [0.15, 0.2) is 11.5 Å². The molecule has 9 heteroatoms. The third kappa shape index (κ3) is 5.35. The van der Waals surface area contributed by atoms with Crippen LogP contribution in [0.5, 0.6) is 0 Å². The van der Waals surface area contributed by atoms with Crippen molar-refractivity contribution in [2.24, 2.45) is 0 Å². The lowest BCUT2D eigenvalue weighted by Gasteiger charge is -2.32. The number of nitrogens with one attached hydrogen (secondary N) is 3. The van der Waals surface area contributed by atoms with Crippen LogP contribution in [0.2, 0.25) is 0 Å². The van der Waals surface area contributed by atoms with Gasteiger partial charge < -0.3 is 20.4 Å². The number of morpholine rings is 1. The second-order valence-electron chi connectivity index (χ2n) is 8.57. The maximum absolute atomic E-state index is 5.41. The smallest absolute Gasteiger partial charge is 0.203 e. The Bertz CT molecular complexity index is 980. The number of anilines is 2. The number of imidazole rings is 1. The fourth-order valence-electron chi connectivity index (χ4n) is 4.46. The van der Waals surface area contributed by atoms with Gasteiger partial charge in [-0.1, -0.05) is 30.3 Å². The minimum Gasteiger partial charge on any atom is -0.379 e. The molecule has 0 aliphatic carbocycles. The van der Waals surface area contributed by atoms with Gasteiger partial charge in [0, 0.05) is 51.9 Å². The Hall–Kier alpha value is -2.75. The van der Waals surface area contributed by atoms with Crippen LogP contribution in [-0.4, -0.2) is 88.3 Å². The number of nitrogens with zero attached hydrogens (tertiary/aromatic N) is 5. The highest BCUT2D eigenvalue weighted by Gasteiger charge is 2.20. The van der Waals surface area contributed by atoms with Crippen LogP contribution >= 0.6 is 0 Å². The Labute approximate surface area is 188 Å². The van der Waals surface area contributed by atoms with Crippen LogP contribution < -0.4 is 10.6 Å². The Balaban J connectivity index is 1.14. The van der Waals surface area contributed by atoms with Crippen LogP contribution in [-0.2, 0) is 11.3 Å². The van der Waals surface area contributed by atoms with Crippen LogP contribution in [0.1, 0.15) is 18.4 Å². The largest absolute Gasteiger partial charge is 0.379 e. The summed E-state index contributed by atoms with van der Waals surface area (Å²) >= 11 is 0. The molecule has 0 spiro atoms. The predicted molar refractivity (Wildman–Crippen MR) is 126 cm³/mol. The molecule has 0 bridgehead atoms. The van der Waals surface area contributed by atoms with Gasteiger partial charge in [-0.2, -0.15) is 4.98 Å². The second kappa shape index (κ2) is 10.2. The lowest BCUT2D eigenvalue weighted by molar-refractivity contribution is 0.0398. The molecule has 5 rings (SSSR count). The fourth-order valence-corrected chi connectivity index (χ4v) is 4.46. The van der Waals surface area contributed by atoms with Crippen molar-refractivity contribution < 1.29 is 4.74 Å². The van der Waals surface area contributed by atoms with Crippen molar-refractivity contribution in [3.63, 3.8) is 0 Å². The molecule has 170 valence electrons. The predicted octanol–water partition coefficient (Wildman–Crippen LogP) is 2.17. The highest BCUT2D eigenvalue weighted by atomic mass is 16.5. The molecule has 32 heavy (non-hydrogen) atoms. The number of ether oxygens (including phenoxy) is 1. The van der Waals surface area contributed by atoms with Crippen LogP contribution in [0.4, 0.5) is 11.8 Å². The van der Waals surface area contributed by atoms with Gasteiger partial charge in [0.1, 0.15) is 11.8 Å². The van der Waals surface area contributed by atoms with Gasteiger partial charge in [0.2, 0.25) is 5.95 Å². The number of rotatable bonds is 8. The van der Waals surface area contributed by atoms with E-state index in [0.29, 0.717) is 11.7 Å². The van der Waals surface area contributed by atoms with Crippen molar-refractivity contribution in [2.45, 2.75) is 25.4 Å². The highest BCUT2D eigenvalue weighted by Crippen LogP contribution is 2.21. The number of aromatic amines is 1. The molecule has 2 aliphatic heterocycles. The van der Waals surface area contributed by atoms with Crippen molar-refractivity contribution in [3.05, 3.63) is 42.2 Å². The maximum atomic E-state index is 5.41. The van der Waals surface area contributed by atoms with E-state index in [1.807, 2.05) is 0 Å². The molecule has 3 aromatic rings. The molecule has 2 aliphatic rings. The lowest BCUT2D eigenvalue weighted by atomic mass is 10.0. The first-order valence-corrected chi connectivity index (χ1v) is 11.6. The molecule has 1 aromatic carbocycles. The number of aromatic nitrogens is 4. The minimum absolute atomic E-state index is 0.410.